The van der Waals surface area contributed by atoms with Crippen LogP contribution in [0.25, 0.3) is 0 Å². The van der Waals surface area contributed by atoms with Crippen molar-refractivity contribution < 1.29 is 9.59 Å². The Morgan fingerprint density at radius 2 is 1.73 bits per heavy atom. The summed E-state index contributed by atoms with van der Waals surface area (Å²) >= 11 is 1.11. The van der Waals surface area contributed by atoms with Gasteiger partial charge >= 0.3 is 0 Å². The monoisotopic (exact) mass is 422 g/mol. The van der Waals surface area contributed by atoms with Crippen molar-refractivity contribution in [1.82, 2.24) is 19.8 Å². The highest BCUT2D eigenvalue weighted by molar-refractivity contribution is 7.03. The summed E-state index contributed by atoms with van der Waals surface area (Å²) in [5.41, 5.74) is 2.59. The van der Waals surface area contributed by atoms with Gasteiger partial charge in [-0.3, -0.25) is 9.59 Å². The zero-order chi connectivity index (χ0) is 21.7. The highest BCUT2D eigenvalue weighted by Crippen LogP contribution is 2.26. The Labute approximate surface area is 181 Å². The van der Waals surface area contributed by atoms with Crippen molar-refractivity contribution in [3.63, 3.8) is 0 Å². The van der Waals surface area contributed by atoms with E-state index in [1.807, 2.05) is 82.3 Å². The van der Waals surface area contributed by atoms with E-state index in [0.29, 0.717) is 0 Å². The van der Waals surface area contributed by atoms with Crippen LogP contribution in [0.5, 0.6) is 0 Å². The standard InChI is InChI=1S/C23H26N4O2S/c1-16-10-12-17(13-11-16)14-27(22(29)19-15-30-26-25-19)20(18-8-6-5-7-9-18)21(28)24-23(2,3)4/h5-13,15,20H,14H2,1-4H3,(H,24,28)/t20-/m0/s1. The molecule has 0 bridgehead atoms. The minimum Gasteiger partial charge on any atom is -0.349 e. The number of amides is 2. The first-order valence-corrected chi connectivity index (χ1v) is 10.6. The molecule has 0 saturated heterocycles. The van der Waals surface area contributed by atoms with Gasteiger partial charge in [0.05, 0.1) is 0 Å². The zero-order valence-electron chi connectivity index (χ0n) is 17.6. The van der Waals surface area contributed by atoms with Crippen LogP contribution in [0.15, 0.2) is 60.0 Å². The fourth-order valence-electron chi connectivity index (χ4n) is 3.12. The molecule has 156 valence electrons. The van der Waals surface area contributed by atoms with E-state index in [9.17, 15) is 9.59 Å². The molecule has 0 fully saturated rings. The van der Waals surface area contributed by atoms with E-state index in [0.717, 1.165) is 28.2 Å². The third-order valence-corrected chi connectivity index (χ3v) is 4.99. The van der Waals surface area contributed by atoms with E-state index in [1.165, 1.54) is 0 Å². The number of nitrogens with zero attached hydrogens (tertiary/aromatic N) is 3. The average Bonchev–Trinajstić information content (AvgIpc) is 3.23. The van der Waals surface area contributed by atoms with Gasteiger partial charge in [0.2, 0.25) is 5.91 Å². The average molecular weight is 423 g/mol. The van der Waals surface area contributed by atoms with Gasteiger partial charge in [-0.15, -0.1) is 5.10 Å². The van der Waals surface area contributed by atoms with E-state index in [1.54, 1.807) is 10.3 Å². The zero-order valence-corrected chi connectivity index (χ0v) is 18.4. The Morgan fingerprint density at radius 3 is 2.30 bits per heavy atom. The summed E-state index contributed by atoms with van der Waals surface area (Å²) in [6.07, 6.45) is 0. The molecular weight excluding hydrogens is 396 g/mol. The van der Waals surface area contributed by atoms with Crippen LogP contribution in [-0.2, 0) is 11.3 Å². The Hall–Kier alpha value is -3.06. The fourth-order valence-corrected chi connectivity index (χ4v) is 3.55. The van der Waals surface area contributed by atoms with Crippen molar-refractivity contribution in [1.29, 1.82) is 0 Å². The first kappa shape index (κ1) is 21.6. The maximum Gasteiger partial charge on any atom is 0.276 e. The van der Waals surface area contributed by atoms with Crippen LogP contribution in [0, 0.1) is 6.92 Å². The molecule has 7 heteroatoms. The molecule has 1 atom stereocenters. The molecule has 0 aliphatic rings. The van der Waals surface area contributed by atoms with Gasteiger partial charge in [-0.05, 0) is 50.4 Å². The van der Waals surface area contributed by atoms with Crippen molar-refractivity contribution in [3.05, 3.63) is 82.4 Å². The van der Waals surface area contributed by atoms with Gasteiger partial charge in [0.15, 0.2) is 5.69 Å². The van der Waals surface area contributed by atoms with E-state index in [2.05, 4.69) is 14.9 Å². The second-order valence-electron chi connectivity index (χ2n) is 8.26. The number of nitrogens with one attached hydrogen (secondary N) is 1. The lowest BCUT2D eigenvalue weighted by Crippen LogP contribution is -2.49. The van der Waals surface area contributed by atoms with Gasteiger partial charge in [-0.2, -0.15) is 0 Å². The molecule has 0 saturated carbocycles. The van der Waals surface area contributed by atoms with Gasteiger partial charge < -0.3 is 10.2 Å². The Morgan fingerprint density at radius 1 is 1.07 bits per heavy atom. The number of benzene rings is 2. The molecule has 1 N–H and O–H groups in total. The van der Waals surface area contributed by atoms with E-state index in [4.69, 9.17) is 0 Å². The van der Waals surface area contributed by atoms with E-state index < -0.39 is 11.6 Å². The SMILES string of the molecule is Cc1ccc(CN(C(=O)c2csnn2)[C@H](C(=O)NC(C)(C)C)c2ccccc2)cc1. The van der Waals surface area contributed by atoms with Crippen LogP contribution in [0.4, 0.5) is 0 Å². The lowest BCUT2D eigenvalue weighted by molar-refractivity contribution is -0.127. The highest BCUT2D eigenvalue weighted by Gasteiger charge is 2.34. The number of hydrogen-bond acceptors (Lipinski definition) is 5. The number of carbonyl (C=O) groups excluding carboxylic acids is 2. The van der Waals surface area contributed by atoms with Gasteiger partial charge in [-0.25, -0.2) is 0 Å². The minimum atomic E-state index is -0.805. The van der Waals surface area contributed by atoms with Crippen LogP contribution in [0.1, 0.15) is 54.0 Å². The Bertz CT molecular complexity index is 980. The van der Waals surface area contributed by atoms with Crippen molar-refractivity contribution in [2.24, 2.45) is 0 Å². The smallest absolute Gasteiger partial charge is 0.276 e. The largest absolute Gasteiger partial charge is 0.349 e. The molecule has 3 rings (SSSR count). The van der Waals surface area contributed by atoms with Crippen LogP contribution in [0.3, 0.4) is 0 Å². The summed E-state index contributed by atoms with van der Waals surface area (Å²) in [6, 6.07) is 16.5. The minimum absolute atomic E-state index is 0.233. The summed E-state index contributed by atoms with van der Waals surface area (Å²) in [5, 5.41) is 8.58. The summed E-state index contributed by atoms with van der Waals surface area (Å²) in [5.74, 6) is -0.570. The molecule has 0 spiro atoms. The maximum absolute atomic E-state index is 13.4. The van der Waals surface area contributed by atoms with E-state index >= 15 is 0 Å². The topological polar surface area (TPSA) is 75.2 Å². The molecule has 2 amide bonds. The molecule has 30 heavy (non-hydrogen) atoms. The molecular formula is C23H26N4O2S. The second kappa shape index (κ2) is 9.17. The molecule has 1 heterocycles. The number of aromatic nitrogens is 2. The number of aryl methyl sites for hydroxylation is 1. The van der Waals surface area contributed by atoms with Gasteiger partial charge in [0.25, 0.3) is 5.91 Å². The third-order valence-electron chi connectivity index (χ3n) is 4.49. The molecule has 3 aromatic rings. The Kier molecular flexibility index (Phi) is 6.62. The van der Waals surface area contributed by atoms with Crippen LogP contribution in [0.2, 0.25) is 0 Å². The van der Waals surface area contributed by atoms with Gasteiger partial charge in [0.1, 0.15) is 6.04 Å². The van der Waals surface area contributed by atoms with Crippen molar-refractivity contribution in [3.8, 4) is 0 Å². The van der Waals surface area contributed by atoms with Crippen LogP contribution >= 0.6 is 11.5 Å². The van der Waals surface area contributed by atoms with Crippen LogP contribution in [-0.4, -0.2) is 31.8 Å². The first-order chi connectivity index (χ1) is 14.2. The Balaban J connectivity index is 2.06. The van der Waals surface area contributed by atoms with Crippen LogP contribution < -0.4 is 5.32 Å². The molecule has 2 aromatic carbocycles. The van der Waals surface area contributed by atoms with E-state index in [-0.39, 0.29) is 24.1 Å². The predicted octanol–water partition coefficient (Wildman–Crippen LogP) is 4.14. The summed E-state index contributed by atoms with van der Waals surface area (Å²) in [6.45, 7) is 8.04. The molecule has 0 aliphatic heterocycles. The molecule has 0 unspecified atom stereocenters. The summed E-state index contributed by atoms with van der Waals surface area (Å²) in [7, 11) is 0. The molecule has 1 aromatic heterocycles. The molecule has 0 aliphatic carbocycles. The third kappa shape index (κ3) is 5.51. The van der Waals surface area contributed by atoms with Gasteiger partial charge in [0, 0.05) is 17.5 Å². The molecule has 0 radical (unpaired) electrons. The summed E-state index contributed by atoms with van der Waals surface area (Å²) < 4.78 is 3.82. The van der Waals surface area contributed by atoms with Crippen molar-refractivity contribution >= 4 is 23.3 Å². The fraction of sp³-hybridized carbons (Fsp3) is 0.304. The number of hydrogen-bond donors (Lipinski definition) is 1. The second-order valence-corrected chi connectivity index (χ2v) is 8.87. The molecule has 6 nitrogen and oxygen atoms in total. The lowest BCUT2D eigenvalue weighted by atomic mass is 10.0. The lowest BCUT2D eigenvalue weighted by Gasteiger charge is -2.33. The van der Waals surface area contributed by atoms with Crippen molar-refractivity contribution in [2.75, 3.05) is 0 Å². The van der Waals surface area contributed by atoms with Gasteiger partial charge in [-0.1, -0.05) is 64.6 Å². The number of carbonyl (C=O) groups is 2. The summed E-state index contributed by atoms with van der Waals surface area (Å²) in [4.78, 5) is 28.4. The first-order valence-electron chi connectivity index (χ1n) is 9.75. The normalized spacial score (nSPS) is 12.3. The maximum atomic E-state index is 13.4. The number of rotatable bonds is 6. The highest BCUT2D eigenvalue weighted by atomic mass is 32.1. The quantitative estimate of drug-likeness (QED) is 0.648. The predicted molar refractivity (Wildman–Crippen MR) is 118 cm³/mol. The van der Waals surface area contributed by atoms with Crippen molar-refractivity contribution in [2.45, 2.75) is 45.8 Å².